The Morgan fingerprint density at radius 2 is 1.65 bits per heavy atom. The highest BCUT2D eigenvalue weighted by molar-refractivity contribution is 7.92. The molecule has 0 amide bonds. The first-order valence-electron chi connectivity index (χ1n) is 6.69. The van der Waals surface area contributed by atoms with Crippen molar-refractivity contribution in [2.24, 2.45) is 0 Å². The Morgan fingerprint density at radius 3 is 2.15 bits per heavy atom. The first-order valence-corrected chi connectivity index (χ1v) is 9.95. The van der Waals surface area contributed by atoms with E-state index >= 15 is 0 Å². The molecule has 0 N–H and O–H groups in total. The lowest BCUT2D eigenvalue weighted by atomic mass is 10.2. The molecule has 1 atom stereocenters. The van der Waals surface area contributed by atoms with E-state index in [0.29, 0.717) is 6.42 Å². The number of sulfone groups is 1. The van der Waals surface area contributed by atoms with Gasteiger partial charge in [-0.2, -0.15) is 4.31 Å². The third-order valence-corrected chi connectivity index (χ3v) is 7.56. The van der Waals surface area contributed by atoms with Crippen LogP contribution < -0.4 is 0 Å². The Labute approximate surface area is 119 Å². The number of hydrogen-bond donors (Lipinski definition) is 0. The van der Waals surface area contributed by atoms with Gasteiger partial charge in [0.1, 0.15) is 0 Å². The number of rotatable bonds is 4. The second-order valence-corrected chi connectivity index (χ2v) is 9.51. The van der Waals surface area contributed by atoms with E-state index in [4.69, 9.17) is 0 Å². The van der Waals surface area contributed by atoms with Gasteiger partial charge in [0, 0.05) is 12.1 Å². The fourth-order valence-corrected chi connectivity index (χ4v) is 6.44. The molecule has 1 aliphatic carbocycles. The van der Waals surface area contributed by atoms with Crippen molar-refractivity contribution in [3.8, 4) is 0 Å². The van der Waals surface area contributed by atoms with E-state index < -0.39 is 25.9 Å². The minimum Gasteiger partial charge on any atom is -0.229 e. The molecule has 1 heterocycles. The second-order valence-electron chi connectivity index (χ2n) is 5.44. The maximum absolute atomic E-state index is 12.7. The minimum absolute atomic E-state index is 0.0292. The van der Waals surface area contributed by atoms with Crippen LogP contribution in [-0.2, 0) is 19.9 Å². The van der Waals surface area contributed by atoms with Crippen LogP contribution in [-0.4, -0.2) is 44.7 Å². The maximum Gasteiger partial charge on any atom is 0.243 e. The molecule has 20 heavy (non-hydrogen) atoms. The molecule has 0 spiro atoms. The van der Waals surface area contributed by atoms with Gasteiger partial charge in [0.2, 0.25) is 10.0 Å². The fourth-order valence-electron chi connectivity index (χ4n) is 2.71. The Hall–Kier alpha value is -0.920. The van der Waals surface area contributed by atoms with Crippen molar-refractivity contribution in [2.45, 2.75) is 36.2 Å². The molecular formula is C13H17NO4S2. The van der Waals surface area contributed by atoms with Crippen LogP contribution in [0, 0.1) is 0 Å². The van der Waals surface area contributed by atoms with Crippen molar-refractivity contribution in [1.82, 2.24) is 4.31 Å². The van der Waals surface area contributed by atoms with Gasteiger partial charge in [0.05, 0.1) is 16.4 Å². The van der Waals surface area contributed by atoms with Gasteiger partial charge >= 0.3 is 0 Å². The van der Waals surface area contributed by atoms with Crippen LogP contribution in [0.1, 0.15) is 19.3 Å². The van der Waals surface area contributed by atoms with Gasteiger partial charge in [-0.25, -0.2) is 16.8 Å². The summed E-state index contributed by atoms with van der Waals surface area (Å²) in [6.45, 7) is 0. The van der Waals surface area contributed by atoms with Gasteiger partial charge in [-0.15, -0.1) is 0 Å². The van der Waals surface area contributed by atoms with Crippen molar-refractivity contribution >= 4 is 19.9 Å². The van der Waals surface area contributed by atoms with E-state index in [0.717, 1.165) is 12.8 Å². The van der Waals surface area contributed by atoms with E-state index in [-0.39, 0.29) is 22.4 Å². The summed E-state index contributed by atoms with van der Waals surface area (Å²) in [5.74, 6) is 0.0424. The van der Waals surface area contributed by atoms with Crippen molar-refractivity contribution in [3.05, 3.63) is 30.3 Å². The summed E-state index contributed by atoms with van der Waals surface area (Å²) in [5, 5.41) is 0. The molecule has 2 aliphatic rings. The molecular weight excluding hydrogens is 298 g/mol. The molecule has 0 bridgehead atoms. The van der Waals surface area contributed by atoms with Crippen LogP contribution >= 0.6 is 0 Å². The summed E-state index contributed by atoms with van der Waals surface area (Å²) < 4.78 is 50.2. The lowest BCUT2D eigenvalue weighted by molar-refractivity contribution is 0.332. The highest BCUT2D eigenvalue weighted by Gasteiger charge is 2.46. The molecule has 1 saturated carbocycles. The predicted molar refractivity (Wildman–Crippen MR) is 75.5 cm³/mol. The van der Waals surface area contributed by atoms with Gasteiger partial charge in [0.25, 0.3) is 0 Å². The van der Waals surface area contributed by atoms with Crippen LogP contribution in [0.5, 0.6) is 0 Å². The SMILES string of the molecule is O=S1(=O)CCC(N(C2CC2)S(=O)(=O)c2ccccc2)C1. The number of benzene rings is 1. The van der Waals surface area contributed by atoms with Crippen molar-refractivity contribution in [3.63, 3.8) is 0 Å². The first kappa shape index (κ1) is 14.0. The zero-order valence-electron chi connectivity index (χ0n) is 11.0. The maximum atomic E-state index is 12.7. The standard InChI is InChI=1S/C13H17NO4S2/c15-19(16)9-8-12(10-19)14(11-6-7-11)20(17,18)13-4-2-1-3-5-13/h1-5,11-12H,6-10H2. The molecule has 1 aromatic carbocycles. The molecule has 7 heteroatoms. The van der Waals surface area contributed by atoms with Crippen molar-refractivity contribution in [2.75, 3.05) is 11.5 Å². The van der Waals surface area contributed by atoms with E-state index in [1.165, 1.54) is 4.31 Å². The molecule has 2 fully saturated rings. The van der Waals surface area contributed by atoms with Crippen LogP contribution in [0.3, 0.4) is 0 Å². The van der Waals surface area contributed by atoms with Gasteiger partial charge < -0.3 is 0 Å². The third-order valence-electron chi connectivity index (χ3n) is 3.79. The topological polar surface area (TPSA) is 71.5 Å². The minimum atomic E-state index is -3.60. The fraction of sp³-hybridized carbons (Fsp3) is 0.538. The summed E-state index contributed by atoms with van der Waals surface area (Å²) in [7, 11) is -6.70. The van der Waals surface area contributed by atoms with Crippen molar-refractivity contribution < 1.29 is 16.8 Å². The second kappa shape index (κ2) is 4.82. The normalized spacial score (nSPS) is 25.9. The molecule has 1 aliphatic heterocycles. The van der Waals surface area contributed by atoms with E-state index in [1.807, 2.05) is 0 Å². The zero-order valence-corrected chi connectivity index (χ0v) is 12.6. The molecule has 0 aromatic heterocycles. The average Bonchev–Trinajstić information content (AvgIpc) is 3.15. The molecule has 3 rings (SSSR count). The molecule has 1 aromatic rings. The van der Waals surface area contributed by atoms with Crippen molar-refractivity contribution in [1.29, 1.82) is 0 Å². The Balaban J connectivity index is 1.96. The van der Waals surface area contributed by atoms with Gasteiger partial charge in [-0.1, -0.05) is 18.2 Å². The molecule has 1 saturated heterocycles. The van der Waals surface area contributed by atoms with E-state index in [9.17, 15) is 16.8 Å². The quantitative estimate of drug-likeness (QED) is 0.832. The number of nitrogens with zero attached hydrogens (tertiary/aromatic N) is 1. The largest absolute Gasteiger partial charge is 0.243 e. The van der Waals surface area contributed by atoms with Gasteiger partial charge in [-0.3, -0.25) is 0 Å². The Morgan fingerprint density at radius 1 is 1.00 bits per heavy atom. The molecule has 110 valence electrons. The molecule has 1 unspecified atom stereocenters. The van der Waals surface area contributed by atoms with Crippen LogP contribution in [0.2, 0.25) is 0 Å². The van der Waals surface area contributed by atoms with E-state index in [1.54, 1.807) is 30.3 Å². The number of sulfonamides is 1. The average molecular weight is 315 g/mol. The summed E-state index contributed by atoms with van der Waals surface area (Å²) >= 11 is 0. The molecule has 5 nitrogen and oxygen atoms in total. The smallest absolute Gasteiger partial charge is 0.229 e. The summed E-state index contributed by atoms with van der Waals surface area (Å²) in [5.41, 5.74) is 0. The van der Waals surface area contributed by atoms with Gasteiger partial charge in [-0.05, 0) is 31.4 Å². The highest BCUT2D eigenvalue weighted by Crippen LogP contribution is 2.36. The highest BCUT2D eigenvalue weighted by atomic mass is 32.2. The Bertz CT molecular complexity index is 693. The first-order chi connectivity index (χ1) is 9.40. The van der Waals surface area contributed by atoms with Crippen LogP contribution in [0.4, 0.5) is 0 Å². The van der Waals surface area contributed by atoms with Crippen LogP contribution in [0.25, 0.3) is 0 Å². The zero-order chi connectivity index (χ0) is 14.4. The summed E-state index contributed by atoms with van der Waals surface area (Å²) in [6, 6.07) is 7.83. The monoisotopic (exact) mass is 315 g/mol. The number of hydrogen-bond acceptors (Lipinski definition) is 4. The van der Waals surface area contributed by atoms with E-state index in [2.05, 4.69) is 0 Å². The summed E-state index contributed by atoms with van der Waals surface area (Å²) in [6.07, 6.45) is 2.05. The van der Waals surface area contributed by atoms with Crippen LogP contribution in [0.15, 0.2) is 35.2 Å². The summed E-state index contributed by atoms with van der Waals surface area (Å²) in [4.78, 5) is 0.246. The van der Waals surface area contributed by atoms with Gasteiger partial charge in [0.15, 0.2) is 9.84 Å². The third kappa shape index (κ3) is 2.62. The Kier molecular flexibility index (Phi) is 3.38. The lowest BCUT2D eigenvalue weighted by Crippen LogP contribution is -2.42. The molecule has 0 radical (unpaired) electrons. The predicted octanol–water partition coefficient (Wildman–Crippen LogP) is 1.03. The lowest BCUT2D eigenvalue weighted by Gasteiger charge is -2.27.